The first-order chi connectivity index (χ1) is 30.5. The van der Waals surface area contributed by atoms with Crippen LogP contribution in [0.1, 0.15) is 110 Å². The molecule has 7 unspecified atom stereocenters. The van der Waals surface area contributed by atoms with Crippen LogP contribution in [0.3, 0.4) is 0 Å². The number of hydrogen-bond acceptors (Lipinski definition) is 2. The summed E-state index contributed by atoms with van der Waals surface area (Å²) in [5, 5.41) is 0.718. The molecule has 5 fully saturated rings. The van der Waals surface area contributed by atoms with Gasteiger partial charge in [-0.3, -0.25) is 9.97 Å². The van der Waals surface area contributed by atoms with Crippen molar-refractivity contribution in [1.29, 1.82) is 0 Å². The standard InChI is InChI=1S/C59H51ClN2/c60-48-25-42(51-7-3-1-5-49(51)38-11-15-57(61-32-38)36-9-13-53-40-18-34-17-35(19-40)21-41(20-34)55(53)27-36)22-43(26-48)52-8-4-2-6-50(52)39-12-16-58(62-33-39)37-10-14-54-44-23-46-29-47-24-45(56(54)28-37)31-59(46,47)30-44/h1-16,22,25-28,32-35,40-41,44-47H,17-21,23-24,29-31H2. The average Bonchev–Trinajstić information content (AvgIpc) is 3.66. The number of halogens is 1. The molecule has 62 heavy (non-hydrogen) atoms. The van der Waals surface area contributed by atoms with Gasteiger partial charge in [0.1, 0.15) is 0 Å². The van der Waals surface area contributed by atoms with Crippen LogP contribution in [0.2, 0.25) is 5.02 Å². The fourth-order valence-electron chi connectivity index (χ4n) is 15.2. The van der Waals surface area contributed by atoms with Crippen LogP contribution in [0.15, 0.2) is 140 Å². The van der Waals surface area contributed by atoms with Crippen LogP contribution in [0.4, 0.5) is 0 Å². The molecule has 8 aliphatic rings. The molecule has 0 amide bonds. The monoisotopic (exact) mass is 822 g/mol. The van der Waals surface area contributed by atoms with E-state index < -0.39 is 0 Å². The molecule has 304 valence electrons. The van der Waals surface area contributed by atoms with Gasteiger partial charge < -0.3 is 0 Å². The third-order valence-corrected chi connectivity index (χ3v) is 18.0. The Morgan fingerprint density at radius 3 is 1.35 bits per heavy atom. The Labute approximate surface area is 370 Å². The van der Waals surface area contributed by atoms with Gasteiger partial charge in [0, 0.05) is 39.7 Å². The molecular formula is C59H51ClN2. The fraction of sp³-hybridized carbons (Fsp3) is 0.322. The minimum atomic E-state index is 0.681. The van der Waals surface area contributed by atoms with Crippen LogP contribution in [0.25, 0.3) is 67.0 Å². The molecule has 3 heteroatoms. The first kappa shape index (κ1) is 36.2. The predicted octanol–water partition coefficient (Wildman–Crippen LogP) is 15.9. The molecule has 2 nitrogen and oxygen atoms in total. The number of benzene rings is 5. The van der Waals surface area contributed by atoms with Crippen LogP contribution in [-0.2, 0) is 0 Å². The topological polar surface area (TPSA) is 25.8 Å². The van der Waals surface area contributed by atoms with Crippen molar-refractivity contribution in [3.63, 3.8) is 0 Å². The highest BCUT2D eigenvalue weighted by atomic mass is 35.5. The zero-order valence-corrected chi connectivity index (χ0v) is 36.0. The number of pyridine rings is 2. The third kappa shape index (κ3) is 5.54. The first-order valence-corrected chi connectivity index (χ1v) is 24.1. The molecule has 7 bridgehead atoms. The van der Waals surface area contributed by atoms with Gasteiger partial charge in [0.25, 0.3) is 0 Å². The normalized spacial score (nSPS) is 29.1. The second kappa shape index (κ2) is 13.6. The van der Waals surface area contributed by atoms with Crippen molar-refractivity contribution in [3.8, 4) is 67.0 Å². The lowest BCUT2D eigenvalue weighted by Gasteiger charge is -2.48. The quantitative estimate of drug-likeness (QED) is 0.167. The molecule has 15 rings (SSSR count). The summed E-state index contributed by atoms with van der Waals surface area (Å²) >= 11 is 7.02. The lowest BCUT2D eigenvalue weighted by Crippen LogP contribution is -2.41. The molecule has 0 radical (unpaired) electrons. The summed E-state index contributed by atoms with van der Waals surface area (Å²) in [5.41, 5.74) is 20.8. The SMILES string of the molecule is Clc1cc(-c2ccccc2-c2ccc(-c3ccc4c(c3)C3CC5CC(CC4C5)C3)nc2)cc(-c2ccccc2-c2ccc(-c3ccc4c(c3)C3CC5CC6CC4CC65C3)nc2)c1. The fourth-order valence-corrected chi connectivity index (χ4v) is 15.5. The minimum Gasteiger partial charge on any atom is -0.256 e. The zero-order valence-electron chi connectivity index (χ0n) is 35.2. The van der Waals surface area contributed by atoms with Gasteiger partial charge in [0.05, 0.1) is 11.4 Å². The van der Waals surface area contributed by atoms with Crippen molar-refractivity contribution in [2.75, 3.05) is 0 Å². The number of rotatable bonds is 6. The van der Waals surface area contributed by atoms with Crippen LogP contribution >= 0.6 is 11.6 Å². The van der Waals surface area contributed by atoms with Gasteiger partial charge in [-0.25, -0.2) is 0 Å². The Morgan fingerprint density at radius 1 is 0.387 bits per heavy atom. The van der Waals surface area contributed by atoms with Gasteiger partial charge >= 0.3 is 0 Å². The lowest BCUT2D eigenvalue weighted by molar-refractivity contribution is 0.00322. The molecule has 5 saturated carbocycles. The summed E-state index contributed by atoms with van der Waals surface area (Å²) in [6.07, 6.45) is 18.3. The molecule has 2 heterocycles. The summed E-state index contributed by atoms with van der Waals surface area (Å²) in [6.45, 7) is 0. The molecule has 8 aliphatic carbocycles. The summed E-state index contributed by atoms with van der Waals surface area (Å²) in [6, 6.07) is 47.4. The largest absolute Gasteiger partial charge is 0.256 e. The second-order valence-corrected chi connectivity index (χ2v) is 21.2. The third-order valence-electron chi connectivity index (χ3n) is 17.8. The summed E-state index contributed by atoms with van der Waals surface area (Å²) < 4.78 is 0. The van der Waals surface area contributed by atoms with E-state index in [0.717, 1.165) is 108 Å². The maximum Gasteiger partial charge on any atom is 0.0702 e. The smallest absolute Gasteiger partial charge is 0.0702 e. The molecular weight excluding hydrogens is 772 g/mol. The summed E-state index contributed by atoms with van der Waals surface area (Å²) in [7, 11) is 0. The number of fused-ring (bicyclic) bond motifs is 5. The van der Waals surface area contributed by atoms with Crippen molar-refractivity contribution in [2.45, 2.75) is 87.9 Å². The number of aromatic nitrogens is 2. The Hall–Kier alpha value is -5.31. The van der Waals surface area contributed by atoms with Crippen LogP contribution < -0.4 is 0 Å². The van der Waals surface area contributed by atoms with Gasteiger partial charge in [0.2, 0.25) is 0 Å². The molecule has 2 aromatic heterocycles. The molecule has 7 aromatic rings. The number of nitrogens with zero attached hydrogens (tertiary/aromatic N) is 2. The van der Waals surface area contributed by atoms with E-state index in [4.69, 9.17) is 21.6 Å². The Kier molecular flexibility index (Phi) is 7.94. The number of hydrogen-bond donors (Lipinski definition) is 0. The maximum absolute atomic E-state index is 7.02. The maximum atomic E-state index is 7.02. The highest BCUT2D eigenvalue weighted by molar-refractivity contribution is 6.31. The van der Waals surface area contributed by atoms with E-state index in [-0.39, 0.29) is 0 Å². The van der Waals surface area contributed by atoms with Crippen molar-refractivity contribution in [2.24, 2.45) is 29.1 Å². The van der Waals surface area contributed by atoms with E-state index in [1.807, 2.05) is 0 Å². The summed E-state index contributed by atoms with van der Waals surface area (Å²) in [5.74, 6) is 6.84. The van der Waals surface area contributed by atoms with Crippen LogP contribution in [0.5, 0.6) is 0 Å². The minimum absolute atomic E-state index is 0.681. The lowest BCUT2D eigenvalue weighted by atomic mass is 9.56. The summed E-state index contributed by atoms with van der Waals surface area (Å²) in [4.78, 5) is 10.2. The first-order valence-electron chi connectivity index (χ1n) is 23.7. The van der Waals surface area contributed by atoms with Crippen LogP contribution in [-0.4, -0.2) is 9.97 Å². The van der Waals surface area contributed by atoms with Crippen molar-refractivity contribution < 1.29 is 0 Å². The van der Waals surface area contributed by atoms with Gasteiger partial charge in [-0.1, -0.05) is 96.5 Å². The molecule has 1 spiro atoms. The van der Waals surface area contributed by atoms with Crippen molar-refractivity contribution in [3.05, 3.63) is 167 Å². The molecule has 7 atom stereocenters. The molecule has 5 aromatic carbocycles. The van der Waals surface area contributed by atoms with E-state index >= 15 is 0 Å². The zero-order chi connectivity index (χ0) is 40.7. The Bertz CT molecular complexity index is 2930. The molecule has 0 N–H and O–H groups in total. The van der Waals surface area contributed by atoms with Crippen molar-refractivity contribution in [1.82, 2.24) is 9.97 Å². The van der Waals surface area contributed by atoms with Crippen LogP contribution in [0, 0.1) is 29.1 Å². The van der Waals surface area contributed by atoms with Gasteiger partial charge in [-0.05, 0) is 215 Å². The average molecular weight is 824 g/mol. The van der Waals surface area contributed by atoms with E-state index in [1.54, 1.807) is 22.3 Å². The highest BCUT2D eigenvalue weighted by Gasteiger charge is 2.65. The second-order valence-electron chi connectivity index (χ2n) is 20.8. The van der Waals surface area contributed by atoms with Crippen molar-refractivity contribution >= 4 is 11.6 Å². The van der Waals surface area contributed by atoms with E-state index in [2.05, 4.69) is 140 Å². The van der Waals surface area contributed by atoms with Gasteiger partial charge in [-0.15, -0.1) is 0 Å². The predicted molar refractivity (Wildman–Crippen MR) is 253 cm³/mol. The van der Waals surface area contributed by atoms with E-state index in [0.29, 0.717) is 5.41 Å². The van der Waals surface area contributed by atoms with E-state index in [9.17, 15) is 0 Å². The highest BCUT2D eigenvalue weighted by Crippen LogP contribution is 2.76. The molecule has 0 saturated heterocycles. The Morgan fingerprint density at radius 2 is 0.839 bits per heavy atom. The Balaban J connectivity index is 0.756. The molecule has 0 aliphatic heterocycles. The van der Waals surface area contributed by atoms with E-state index in [1.165, 1.54) is 75.3 Å². The van der Waals surface area contributed by atoms with Gasteiger partial charge in [0.15, 0.2) is 0 Å². The van der Waals surface area contributed by atoms with Gasteiger partial charge in [-0.2, -0.15) is 0 Å².